The lowest BCUT2D eigenvalue weighted by Gasteiger charge is -2.27. The second-order valence-electron chi connectivity index (χ2n) is 7.70. The number of pyridine rings is 1. The maximum absolute atomic E-state index is 13.0. The van der Waals surface area contributed by atoms with Crippen LogP contribution in [0, 0.1) is 5.92 Å². The van der Waals surface area contributed by atoms with Gasteiger partial charge in [0, 0.05) is 31.3 Å². The Kier molecular flexibility index (Phi) is 4.88. The molecule has 30 heavy (non-hydrogen) atoms. The van der Waals surface area contributed by atoms with Crippen LogP contribution in [0.2, 0.25) is 0 Å². The van der Waals surface area contributed by atoms with Gasteiger partial charge in [-0.1, -0.05) is 42.5 Å². The zero-order valence-electron chi connectivity index (χ0n) is 16.5. The largest absolute Gasteiger partial charge is 0.378 e. The number of Topliss-reactive ketones (excluding diaryl/α,β-unsaturated/α-hetero) is 1. The van der Waals surface area contributed by atoms with Gasteiger partial charge in [0.1, 0.15) is 0 Å². The number of fused-ring (bicyclic) bond motifs is 3. The number of aromatic amines is 1. The van der Waals surface area contributed by atoms with Crippen molar-refractivity contribution in [3.63, 3.8) is 0 Å². The Labute approximate surface area is 173 Å². The molecule has 1 N–H and O–H groups in total. The van der Waals surface area contributed by atoms with Crippen LogP contribution >= 0.6 is 0 Å². The van der Waals surface area contributed by atoms with Gasteiger partial charge >= 0.3 is 0 Å². The van der Waals surface area contributed by atoms with Gasteiger partial charge in [0.25, 0.3) is 5.56 Å². The van der Waals surface area contributed by atoms with Gasteiger partial charge in [-0.2, -0.15) is 4.98 Å². The molecule has 1 aromatic carbocycles. The molecule has 7 nitrogen and oxygen atoms in total. The number of aromatic nitrogens is 3. The van der Waals surface area contributed by atoms with E-state index in [-0.39, 0.29) is 17.3 Å². The summed E-state index contributed by atoms with van der Waals surface area (Å²) in [6.07, 6.45) is 6.70. The summed E-state index contributed by atoms with van der Waals surface area (Å²) in [6, 6.07) is 9.99. The van der Waals surface area contributed by atoms with Gasteiger partial charge in [0.05, 0.1) is 18.6 Å². The van der Waals surface area contributed by atoms with Crippen LogP contribution in [0.15, 0.2) is 47.4 Å². The number of morpholine rings is 1. The summed E-state index contributed by atoms with van der Waals surface area (Å²) in [5.74, 6) is 0.560. The van der Waals surface area contributed by atoms with Gasteiger partial charge in [0.15, 0.2) is 11.4 Å². The molecule has 0 radical (unpaired) electrons. The molecule has 5 rings (SSSR count). The summed E-state index contributed by atoms with van der Waals surface area (Å²) >= 11 is 0. The Morgan fingerprint density at radius 1 is 1.10 bits per heavy atom. The van der Waals surface area contributed by atoms with E-state index in [1.165, 1.54) is 0 Å². The summed E-state index contributed by atoms with van der Waals surface area (Å²) < 4.78 is 5.37. The highest BCUT2D eigenvalue weighted by atomic mass is 16.5. The van der Waals surface area contributed by atoms with Gasteiger partial charge in [-0.05, 0) is 23.5 Å². The van der Waals surface area contributed by atoms with Crippen LogP contribution in [0.25, 0.3) is 17.1 Å². The third-order valence-corrected chi connectivity index (χ3v) is 5.72. The zero-order chi connectivity index (χ0) is 20.5. The van der Waals surface area contributed by atoms with Crippen molar-refractivity contribution in [2.24, 2.45) is 5.92 Å². The van der Waals surface area contributed by atoms with Gasteiger partial charge < -0.3 is 9.64 Å². The molecule has 0 bridgehead atoms. The first-order valence-corrected chi connectivity index (χ1v) is 10.2. The Morgan fingerprint density at radius 2 is 1.90 bits per heavy atom. The predicted molar refractivity (Wildman–Crippen MR) is 115 cm³/mol. The lowest BCUT2D eigenvalue weighted by molar-refractivity contribution is 0.0959. The number of nitrogens with zero attached hydrogens (tertiary/aromatic N) is 3. The van der Waals surface area contributed by atoms with Crippen molar-refractivity contribution in [1.82, 2.24) is 15.0 Å². The summed E-state index contributed by atoms with van der Waals surface area (Å²) in [6.45, 7) is 2.54. The average molecular weight is 402 g/mol. The molecule has 0 amide bonds. The molecule has 7 heteroatoms. The molecule has 1 atom stereocenters. The van der Waals surface area contributed by atoms with Crippen LogP contribution in [0.3, 0.4) is 0 Å². The molecular formula is C23H22N4O3. The number of ether oxygens (including phenoxy) is 1. The van der Waals surface area contributed by atoms with E-state index in [0.717, 1.165) is 11.1 Å². The maximum Gasteiger partial charge on any atom is 0.262 e. The summed E-state index contributed by atoms with van der Waals surface area (Å²) in [4.78, 5) is 39.5. The lowest BCUT2D eigenvalue weighted by Crippen LogP contribution is -2.38. The number of ketones is 1. The fraction of sp³-hybridized carbons (Fsp3) is 0.304. The fourth-order valence-electron chi connectivity index (χ4n) is 4.16. The second kappa shape index (κ2) is 7.84. The quantitative estimate of drug-likeness (QED) is 0.725. The Hall–Kier alpha value is -3.32. The van der Waals surface area contributed by atoms with Crippen molar-refractivity contribution in [2.75, 3.05) is 31.2 Å². The summed E-state index contributed by atoms with van der Waals surface area (Å²) in [5.41, 5.74) is 2.52. The minimum Gasteiger partial charge on any atom is -0.378 e. The average Bonchev–Trinajstić information content (AvgIpc) is 2.78. The van der Waals surface area contributed by atoms with E-state index < -0.39 is 0 Å². The van der Waals surface area contributed by atoms with Gasteiger partial charge in [-0.3, -0.25) is 14.6 Å². The maximum atomic E-state index is 13.0. The molecule has 1 aliphatic heterocycles. The number of anilines is 1. The van der Waals surface area contributed by atoms with Gasteiger partial charge in [0.2, 0.25) is 5.95 Å². The van der Waals surface area contributed by atoms with Crippen molar-refractivity contribution >= 4 is 28.8 Å². The van der Waals surface area contributed by atoms with Crippen molar-refractivity contribution < 1.29 is 9.53 Å². The Bertz CT molecular complexity index is 1180. The molecule has 1 fully saturated rings. The highest BCUT2D eigenvalue weighted by Crippen LogP contribution is 2.30. The monoisotopic (exact) mass is 402 g/mol. The summed E-state index contributed by atoms with van der Waals surface area (Å²) in [7, 11) is 0. The SMILES string of the molecule is O=C1C[C@@H](/C=C/c2ccccc2)Cc2c1cnc1nc(N3CCOCC3)[nH]c(=O)c21. The smallest absolute Gasteiger partial charge is 0.262 e. The van der Waals surface area contributed by atoms with Crippen molar-refractivity contribution in [2.45, 2.75) is 12.8 Å². The zero-order valence-corrected chi connectivity index (χ0v) is 16.5. The van der Waals surface area contributed by atoms with E-state index in [1.54, 1.807) is 6.20 Å². The predicted octanol–water partition coefficient (Wildman–Crippen LogP) is 2.61. The second-order valence-corrected chi connectivity index (χ2v) is 7.70. The molecule has 0 spiro atoms. The van der Waals surface area contributed by atoms with Crippen LogP contribution in [-0.2, 0) is 11.2 Å². The third-order valence-electron chi connectivity index (χ3n) is 5.72. The van der Waals surface area contributed by atoms with Gasteiger partial charge in [-0.25, -0.2) is 4.98 Å². The van der Waals surface area contributed by atoms with Crippen molar-refractivity contribution in [1.29, 1.82) is 0 Å². The number of carbonyl (C=O) groups excluding carboxylic acids is 1. The number of H-pyrrole nitrogens is 1. The van der Waals surface area contributed by atoms with Crippen LogP contribution in [0.1, 0.15) is 27.9 Å². The molecule has 3 aromatic rings. The highest BCUT2D eigenvalue weighted by molar-refractivity contribution is 6.02. The molecule has 2 aromatic heterocycles. The lowest BCUT2D eigenvalue weighted by atomic mass is 9.82. The van der Waals surface area contributed by atoms with E-state index in [4.69, 9.17) is 4.74 Å². The first-order valence-electron chi connectivity index (χ1n) is 10.2. The van der Waals surface area contributed by atoms with Crippen LogP contribution in [-0.4, -0.2) is 47.0 Å². The Balaban J connectivity index is 1.51. The standard InChI is InChI=1S/C23H22N4O3/c28-19-13-16(7-6-15-4-2-1-3-5-15)12-17-18(19)14-24-21-20(17)22(29)26-23(25-21)27-8-10-30-11-9-27/h1-7,14,16H,8-13H2,(H,24,25,26,29)/b7-6+/t16-/m0/s1. The van der Waals surface area contributed by atoms with Crippen molar-refractivity contribution in [3.8, 4) is 0 Å². The number of benzene rings is 1. The molecule has 1 saturated heterocycles. The number of hydrogen-bond donors (Lipinski definition) is 1. The molecule has 0 saturated carbocycles. The minimum absolute atomic E-state index is 0.0185. The fourth-order valence-corrected chi connectivity index (χ4v) is 4.16. The van der Waals surface area contributed by atoms with E-state index >= 15 is 0 Å². The molecular weight excluding hydrogens is 380 g/mol. The molecule has 152 valence electrons. The number of nitrogens with one attached hydrogen (secondary N) is 1. The van der Waals surface area contributed by atoms with Gasteiger partial charge in [-0.15, -0.1) is 0 Å². The highest BCUT2D eigenvalue weighted by Gasteiger charge is 2.28. The van der Waals surface area contributed by atoms with E-state index in [9.17, 15) is 9.59 Å². The van der Waals surface area contributed by atoms with Crippen molar-refractivity contribution in [3.05, 3.63) is 69.6 Å². The first-order chi connectivity index (χ1) is 14.7. The van der Waals surface area contributed by atoms with E-state index in [1.807, 2.05) is 41.3 Å². The number of carbonyl (C=O) groups is 1. The number of hydrogen-bond acceptors (Lipinski definition) is 6. The molecule has 2 aliphatic rings. The van der Waals surface area contributed by atoms with Crippen LogP contribution in [0.5, 0.6) is 0 Å². The van der Waals surface area contributed by atoms with E-state index in [0.29, 0.717) is 61.7 Å². The number of allylic oxidation sites excluding steroid dienone is 1. The molecule has 3 heterocycles. The molecule has 1 aliphatic carbocycles. The van der Waals surface area contributed by atoms with Crippen LogP contribution < -0.4 is 10.5 Å². The van der Waals surface area contributed by atoms with E-state index in [2.05, 4.69) is 21.0 Å². The minimum atomic E-state index is -0.244. The summed E-state index contributed by atoms with van der Waals surface area (Å²) in [5, 5.41) is 0.427. The third kappa shape index (κ3) is 3.52. The number of rotatable bonds is 3. The first kappa shape index (κ1) is 18.7. The topological polar surface area (TPSA) is 88.2 Å². The van der Waals surface area contributed by atoms with Crippen LogP contribution in [0.4, 0.5) is 5.95 Å². The normalized spacial score (nSPS) is 19.4. The Morgan fingerprint density at radius 3 is 2.70 bits per heavy atom. The molecule has 0 unspecified atom stereocenters.